The van der Waals surface area contributed by atoms with Gasteiger partial charge in [0, 0.05) is 59.5 Å². The molecule has 0 N–H and O–H groups in total. The van der Waals surface area contributed by atoms with Gasteiger partial charge in [0.25, 0.3) is 0 Å². The van der Waals surface area contributed by atoms with Crippen molar-refractivity contribution < 1.29 is 8.83 Å². The molecule has 59 heavy (non-hydrogen) atoms. The Hall–Kier alpha value is -8.02. The van der Waals surface area contributed by atoms with Crippen LogP contribution < -0.4 is 0 Å². The second-order valence-corrected chi connectivity index (χ2v) is 15.6. The second kappa shape index (κ2) is 11.3. The molecule has 5 aromatic heterocycles. The van der Waals surface area contributed by atoms with Gasteiger partial charge in [0.1, 0.15) is 11.2 Å². The van der Waals surface area contributed by atoms with Gasteiger partial charge in [0.15, 0.2) is 11.2 Å². The van der Waals surface area contributed by atoms with Crippen LogP contribution in [0.1, 0.15) is 0 Å². The van der Waals surface area contributed by atoms with Gasteiger partial charge >= 0.3 is 0 Å². The van der Waals surface area contributed by atoms with E-state index in [-0.39, 0.29) is 0 Å². The molecule has 5 heteroatoms. The average molecular weight is 754 g/mol. The molecular weight excluding hydrogens is 723 g/mol. The summed E-state index contributed by atoms with van der Waals surface area (Å²) in [7, 11) is 0. The van der Waals surface area contributed by atoms with Gasteiger partial charge in [-0.15, -0.1) is 0 Å². The molecular formula is C54H31N3O2. The lowest BCUT2D eigenvalue weighted by molar-refractivity contribution is 0.666. The third-order valence-electron chi connectivity index (χ3n) is 12.6. The lowest BCUT2D eigenvalue weighted by Gasteiger charge is -2.11. The van der Waals surface area contributed by atoms with E-state index >= 15 is 0 Å². The molecule has 0 amide bonds. The van der Waals surface area contributed by atoms with Crippen LogP contribution in [0.3, 0.4) is 0 Å². The third-order valence-corrected chi connectivity index (χ3v) is 12.6. The van der Waals surface area contributed by atoms with Gasteiger partial charge in [-0.05, 0) is 60.7 Å². The minimum atomic E-state index is 0.883. The van der Waals surface area contributed by atoms with Crippen LogP contribution in [-0.4, -0.2) is 13.7 Å². The Bertz CT molecular complexity index is 3830. The molecule has 14 rings (SSSR count). The number of para-hydroxylation sites is 7. The van der Waals surface area contributed by atoms with Crippen molar-refractivity contribution in [2.45, 2.75) is 0 Å². The van der Waals surface area contributed by atoms with Gasteiger partial charge in [-0.25, -0.2) is 0 Å². The summed E-state index contributed by atoms with van der Waals surface area (Å²) < 4.78 is 20.7. The Labute approximate surface area is 335 Å². The van der Waals surface area contributed by atoms with E-state index in [1.165, 1.54) is 43.4 Å². The predicted molar refractivity (Wildman–Crippen MR) is 244 cm³/mol. The molecule has 0 radical (unpaired) electrons. The average Bonchev–Trinajstić information content (AvgIpc) is 4.10. The molecule has 5 nitrogen and oxygen atoms in total. The topological polar surface area (TPSA) is 41.1 Å². The summed E-state index contributed by atoms with van der Waals surface area (Å²) in [4.78, 5) is 0. The van der Waals surface area contributed by atoms with Crippen molar-refractivity contribution in [3.05, 3.63) is 188 Å². The molecule has 14 aromatic rings. The van der Waals surface area contributed by atoms with Crippen LogP contribution in [0.25, 0.3) is 126 Å². The predicted octanol–water partition coefficient (Wildman–Crippen LogP) is 14.8. The summed E-state index contributed by atoms with van der Waals surface area (Å²) >= 11 is 0. The largest absolute Gasteiger partial charge is 0.454 e. The first kappa shape index (κ1) is 31.1. The van der Waals surface area contributed by atoms with E-state index in [1.807, 2.05) is 12.1 Å². The molecule has 0 atom stereocenters. The van der Waals surface area contributed by atoms with Gasteiger partial charge in [0.05, 0.1) is 44.5 Å². The fourth-order valence-electron chi connectivity index (χ4n) is 10.3. The zero-order valence-corrected chi connectivity index (χ0v) is 31.6. The molecule has 274 valence electrons. The van der Waals surface area contributed by atoms with Crippen LogP contribution in [-0.2, 0) is 0 Å². The number of benzene rings is 9. The maximum absolute atomic E-state index is 6.67. The van der Waals surface area contributed by atoms with Crippen molar-refractivity contribution >= 4 is 109 Å². The number of nitrogens with zero attached hydrogens (tertiary/aromatic N) is 3. The van der Waals surface area contributed by atoms with Crippen molar-refractivity contribution in [1.29, 1.82) is 0 Å². The third kappa shape index (κ3) is 3.98. The number of hydrogen-bond donors (Lipinski definition) is 0. The minimum absolute atomic E-state index is 0.883. The summed E-state index contributed by atoms with van der Waals surface area (Å²) in [6.45, 7) is 0. The van der Waals surface area contributed by atoms with Crippen molar-refractivity contribution in [2.24, 2.45) is 0 Å². The van der Waals surface area contributed by atoms with Crippen molar-refractivity contribution in [3.8, 4) is 17.1 Å². The van der Waals surface area contributed by atoms with Crippen molar-refractivity contribution in [2.75, 3.05) is 0 Å². The smallest absolute Gasteiger partial charge is 0.159 e. The number of hydrogen-bond acceptors (Lipinski definition) is 2. The molecule has 0 bridgehead atoms. The molecule has 5 heterocycles. The second-order valence-electron chi connectivity index (χ2n) is 15.6. The van der Waals surface area contributed by atoms with Gasteiger partial charge in [-0.2, -0.15) is 0 Å². The molecule has 0 aliphatic heterocycles. The molecule has 0 spiro atoms. The molecule has 9 aromatic carbocycles. The maximum Gasteiger partial charge on any atom is 0.159 e. The van der Waals surface area contributed by atoms with Crippen molar-refractivity contribution in [1.82, 2.24) is 13.7 Å². The van der Waals surface area contributed by atoms with Crippen LogP contribution in [0.4, 0.5) is 0 Å². The normalized spacial score (nSPS) is 12.4. The summed E-state index contributed by atoms with van der Waals surface area (Å²) in [6, 6.07) is 67.4. The van der Waals surface area contributed by atoms with E-state index in [0.717, 1.165) is 83.0 Å². The SMILES string of the molecule is c1ccc(-n2c3c(ccc4c3c3ccccc3n4-c3cccc4c3oc3ccccc34)c3ccc4c(c5ccccc5n4-c4cccc5c4oc4ccccc45)c32)cc1. The van der Waals surface area contributed by atoms with Crippen LogP contribution in [0.5, 0.6) is 0 Å². The number of rotatable bonds is 3. The standard InChI is InChI=1S/C54H31N3O2/c1-2-14-32(15-3-1)55-51-35(28-30-43-49(51)39-18-4-8-22-41(39)56(43)45-24-12-20-37-33-16-6-10-26-47(33)58-53(37)45)36-29-31-44-50(52(36)55)40-19-5-9-23-42(40)57(44)46-25-13-21-38-34-17-7-11-27-48(34)59-54(38)46/h1-31H. The van der Waals surface area contributed by atoms with Crippen LogP contribution in [0.2, 0.25) is 0 Å². The Morgan fingerprint density at radius 1 is 0.271 bits per heavy atom. The molecule has 0 fully saturated rings. The summed E-state index contributed by atoms with van der Waals surface area (Å²) in [5.74, 6) is 0. The highest BCUT2D eigenvalue weighted by atomic mass is 16.3. The highest BCUT2D eigenvalue weighted by molar-refractivity contribution is 6.32. The molecule has 0 saturated heterocycles. The monoisotopic (exact) mass is 753 g/mol. The minimum Gasteiger partial charge on any atom is -0.454 e. The fraction of sp³-hybridized carbons (Fsp3) is 0. The zero-order valence-electron chi connectivity index (χ0n) is 31.6. The van der Waals surface area contributed by atoms with E-state index in [1.54, 1.807) is 0 Å². The van der Waals surface area contributed by atoms with E-state index in [4.69, 9.17) is 8.83 Å². The maximum atomic E-state index is 6.67. The van der Waals surface area contributed by atoms with E-state index in [9.17, 15) is 0 Å². The highest BCUT2D eigenvalue weighted by Crippen LogP contribution is 2.47. The first-order valence-electron chi connectivity index (χ1n) is 20.1. The summed E-state index contributed by atoms with van der Waals surface area (Å²) in [6.07, 6.45) is 0. The summed E-state index contributed by atoms with van der Waals surface area (Å²) in [5, 5.41) is 11.7. The van der Waals surface area contributed by atoms with Crippen molar-refractivity contribution in [3.63, 3.8) is 0 Å². The van der Waals surface area contributed by atoms with E-state index < -0.39 is 0 Å². The zero-order chi connectivity index (χ0) is 38.3. The van der Waals surface area contributed by atoms with E-state index in [0.29, 0.717) is 0 Å². The van der Waals surface area contributed by atoms with E-state index in [2.05, 4.69) is 190 Å². The first-order chi connectivity index (χ1) is 29.3. The molecule has 0 aliphatic carbocycles. The Kier molecular flexibility index (Phi) is 5.96. The highest BCUT2D eigenvalue weighted by Gasteiger charge is 2.26. The Morgan fingerprint density at radius 3 is 1.20 bits per heavy atom. The Balaban J connectivity index is 1.17. The lowest BCUT2D eigenvalue weighted by atomic mass is 10.1. The lowest BCUT2D eigenvalue weighted by Crippen LogP contribution is -1.96. The van der Waals surface area contributed by atoms with Crippen LogP contribution in [0, 0.1) is 0 Å². The van der Waals surface area contributed by atoms with Gasteiger partial charge in [0.2, 0.25) is 0 Å². The van der Waals surface area contributed by atoms with Gasteiger partial charge in [-0.1, -0.05) is 127 Å². The number of furan rings is 2. The first-order valence-corrected chi connectivity index (χ1v) is 20.1. The number of aromatic nitrogens is 3. The van der Waals surface area contributed by atoms with Crippen LogP contribution >= 0.6 is 0 Å². The fourth-order valence-corrected chi connectivity index (χ4v) is 10.3. The number of fused-ring (bicyclic) bond motifs is 17. The molecule has 0 aliphatic rings. The summed E-state index contributed by atoms with van der Waals surface area (Å²) in [5.41, 5.74) is 13.6. The molecule has 0 unspecified atom stereocenters. The van der Waals surface area contributed by atoms with Gasteiger partial charge < -0.3 is 22.5 Å². The Morgan fingerprint density at radius 2 is 0.695 bits per heavy atom. The molecule has 0 saturated carbocycles. The quantitative estimate of drug-likeness (QED) is 0.180. The van der Waals surface area contributed by atoms with Gasteiger partial charge in [-0.3, -0.25) is 0 Å². The van der Waals surface area contributed by atoms with Crippen LogP contribution in [0.15, 0.2) is 197 Å².